The van der Waals surface area contributed by atoms with E-state index in [1.165, 1.54) is 4.70 Å². The van der Waals surface area contributed by atoms with E-state index in [0.717, 1.165) is 39.0 Å². The van der Waals surface area contributed by atoms with E-state index in [0.29, 0.717) is 31.9 Å². The fourth-order valence-electron chi connectivity index (χ4n) is 5.16. The van der Waals surface area contributed by atoms with Gasteiger partial charge in [0.25, 0.3) is 0 Å². The van der Waals surface area contributed by atoms with Gasteiger partial charge in [-0.1, -0.05) is 24.1 Å². The first kappa shape index (κ1) is 32.4. The van der Waals surface area contributed by atoms with E-state index in [1.54, 1.807) is 30.5 Å². The van der Waals surface area contributed by atoms with Crippen molar-refractivity contribution in [2.75, 3.05) is 18.1 Å². The van der Waals surface area contributed by atoms with Crippen molar-refractivity contribution in [3.05, 3.63) is 76.8 Å². The minimum atomic E-state index is -2.87. The molecular weight excluding hydrogens is 603 g/mol. The van der Waals surface area contributed by atoms with Crippen LogP contribution in [-0.4, -0.2) is 42.6 Å². The molecule has 1 fully saturated rings. The Kier molecular flexibility index (Phi) is 10.8. The highest BCUT2D eigenvalue weighted by molar-refractivity contribution is 7.91. The molecule has 2 aromatic heterocycles. The number of rotatable bonds is 10. The van der Waals surface area contributed by atoms with Gasteiger partial charge in [-0.2, -0.15) is 13.5 Å². The van der Waals surface area contributed by atoms with E-state index in [2.05, 4.69) is 53.4 Å². The molecule has 1 aliphatic rings. The Labute approximate surface area is 263 Å². The number of ether oxygens (including phenoxy) is 2. The summed E-state index contributed by atoms with van der Waals surface area (Å²) in [5, 5.41) is 12.5. The number of fused-ring (bicyclic) bond motifs is 1. The lowest BCUT2D eigenvalue weighted by molar-refractivity contribution is -0.137. The highest BCUT2D eigenvalue weighted by Crippen LogP contribution is 2.37. The van der Waals surface area contributed by atoms with Gasteiger partial charge >= 0.3 is 5.97 Å². The van der Waals surface area contributed by atoms with Gasteiger partial charge in [-0.15, -0.1) is 17.3 Å². The Morgan fingerprint density at radius 1 is 1.09 bits per heavy atom. The van der Waals surface area contributed by atoms with Crippen LogP contribution in [0.15, 0.2) is 60.1 Å². The minimum absolute atomic E-state index is 0. The largest absolute Gasteiger partial charge is 0.493 e. The van der Waals surface area contributed by atoms with Crippen molar-refractivity contribution in [2.24, 2.45) is 5.92 Å². The summed E-state index contributed by atoms with van der Waals surface area (Å²) in [5.41, 5.74) is 5.17. The molecule has 4 aromatic rings. The molecule has 1 atom stereocenters. The van der Waals surface area contributed by atoms with E-state index >= 15 is 0 Å². The monoisotopic (exact) mass is 637 g/mol. The fraction of sp³-hybridized carbons (Fsp3) is 0.333. The highest BCUT2D eigenvalue weighted by Gasteiger charge is 2.24. The lowest BCUT2D eigenvalue weighted by Gasteiger charge is -2.22. The summed E-state index contributed by atoms with van der Waals surface area (Å²) in [4.78, 5) is 15.5. The first-order valence-electron chi connectivity index (χ1n) is 13.9. The summed E-state index contributed by atoms with van der Waals surface area (Å²) in [7, 11) is -2.87. The first-order chi connectivity index (χ1) is 20.2. The molecule has 0 amide bonds. The number of aryl methyl sites for hydroxylation is 1. The van der Waals surface area contributed by atoms with Gasteiger partial charge in [0.05, 0.1) is 30.5 Å². The van der Waals surface area contributed by atoms with Gasteiger partial charge in [-0.05, 0) is 84.5 Å². The van der Waals surface area contributed by atoms with Gasteiger partial charge in [0.15, 0.2) is 0 Å². The number of benzene rings is 2. The lowest BCUT2D eigenvalue weighted by atomic mass is 9.98. The number of hydrogen-bond donors (Lipinski definition) is 1. The molecule has 1 aliphatic heterocycles. The van der Waals surface area contributed by atoms with Crippen LogP contribution in [-0.2, 0) is 21.2 Å². The van der Waals surface area contributed by atoms with Gasteiger partial charge in [-0.3, -0.25) is 4.79 Å². The van der Waals surface area contributed by atoms with Crippen LogP contribution in [0.3, 0.4) is 0 Å². The summed E-state index contributed by atoms with van der Waals surface area (Å²) in [5.74, 6) is 6.46. The van der Waals surface area contributed by atoms with Crippen molar-refractivity contribution in [1.29, 1.82) is 0 Å². The lowest BCUT2D eigenvalue weighted by Crippen LogP contribution is -2.26. The third-order valence-electron chi connectivity index (χ3n) is 7.53. The van der Waals surface area contributed by atoms with Crippen LogP contribution >= 0.6 is 24.8 Å². The number of aromatic nitrogens is 1. The smallest absolute Gasteiger partial charge is 0.304 e. The van der Waals surface area contributed by atoms with Crippen molar-refractivity contribution >= 4 is 50.7 Å². The average Bonchev–Trinajstić information content (AvgIpc) is 3.38. The van der Waals surface area contributed by atoms with E-state index in [9.17, 15) is 13.2 Å². The molecule has 0 unspecified atom stereocenters. The summed E-state index contributed by atoms with van der Waals surface area (Å²) in [6.45, 7) is 4.65. The second kappa shape index (κ2) is 14.3. The number of sulfone groups is 1. The summed E-state index contributed by atoms with van der Waals surface area (Å²) < 4.78 is 36.6. The normalized spacial score (nSPS) is 15.1. The molecule has 226 valence electrons. The zero-order valence-corrected chi connectivity index (χ0v) is 26.8. The van der Waals surface area contributed by atoms with Crippen molar-refractivity contribution in [3.8, 4) is 34.6 Å². The molecule has 1 N–H and O–H groups in total. The second-order valence-corrected chi connectivity index (χ2v) is 13.8. The van der Waals surface area contributed by atoms with Crippen LogP contribution in [0.5, 0.6) is 11.6 Å². The molecule has 43 heavy (non-hydrogen) atoms. The van der Waals surface area contributed by atoms with Crippen LogP contribution in [0.1, 0.15) is 48.8 Å². The van der Waals surface area contributed by atoms with Crippen molar-refractivity contribution in [1.82, 2.24) is 4.98 Å². The molecule has 1 saturated heterocycles. The standard InChI is InChI=1S/C33H33NO6S2.H2S/c1-3-4-25(17-33(35)36)26-6-10-32(34-18-26)40-20-24-5-9-31-29(16-24)30(21-41-31)28-8-7-27(15-22(28)2)39-19-23-11-13-42(37,38)14-12-23;/h5-10,15-16,18,21,23,25H,11-14,17,19-20H2,1-2H3,(H,35,36);1H2/t25-;/m1./s1. The van der Waals surface area contributed by atoms with Crippen molar-refractivity contribution in [2.45, 2.75) is 45.6 Å². The number of carboxylic acid groups (broad SMARTS) is 1. The molecule has 2 aromatic carbocycles. The number of carboxylic acids is 1. The van der Waals surface area contributed by atoms with Crippen molar-refractivity contribution < 1.29 is 27.8 Å². The Morgan fingerprint density at radius 3 is 2.56 bits per heavy atom. The maximum absolute atomic E-state index is 11.7. The maximum atomic E-state index is 11.7. The number of pyridine rings is 1. The highest BCUT2D eigenvalue weighted by atomic mass is 32.2. The molecule has 0 saturated carbocycles. The van der Waals surface area contributed by atoms with Crippen molar-refractivity contribution in [3.63, 3.8) is 0 Å². The topological polar surface area (TPSA) is 103 Å². The summed E-state index contributed by atoms with van der Waals surface area (Å²) in [6.07, 6.45) is 2.88. The van der Waals surface area contributed by atoms with Crippen LogP contribution in [0, 0.1) is 24.7 Å². The Hall–Kier alpha value is -3.52. The third kappa shape index (κ3) is 8.31. The Bertz CT molecular complexity index is 1740. The van der Waals surface area contributed by atoms with Crippen LogP contribution in [0.4, 0.5) is 0 Å². The Balaban J connectivity index is 0.00000423. The van der Waals surface area contributed by atoms with Gasteiger partial charge < -0.3 is 14.6 Å². The van der Waals surface area contributed by atoms with Crippen LogP contribution in [0.2, 0.25) is 0 Å². The number of hydrogen-bond acceptors (Lipinski definition) is 7. The zero-order chi connectivity index (χ0) is 29.7. The number of nitrogens with zero attached hydrogens (tertiary/aromatic N) is 1. The summed E-state index contributed by atoms with van der Waals surface area (Å²) in [6, 6.07) is 16.0. The minimum Gasteiger partial charge on any atom is -0.493 e. The first-order valence-corrected chi connectivity index (χ1v) is 16.6. The Morgan fingerprint density at radius 2 is 1.88 bits per heavy atom. The van der Waals surface area contributed by atoms with Gasteiger partial charge in [0.2, 0.25) is 5.88 Å². The SMILES string of the molecule is CC#C[C@H](CC(=O)O)c1ccc(OCc2ccc3scc(-c4ccc(OCC5CCS(=O)(=O)CC5)cc4C)c3c2)nc1.S. The van der Waals surface area contributed by atoms with E-state index in [-0.39, 0.29) is 37.3 Å². The van der Waals surface area contributed by atoms with Gasteiger partial charge in [0, 0.05) is 27.9 Å². The average molecular weight is 638 g/mol. The number of carbonyl (C=O) groups is 1. The van der Waals surface area contributed by atoms with E-state index in [1.807, 2.05) is 18.2 Å². The zero-order valence-electron chi connectivity index (χ0n) is 24.1. The maximum Gasteiger partial charge on any atom is 0.304 e. The molecule has 0 radical (unpaired) electrons. The predicted molar refractivity (Wildman–Crippen MR) is 176 cm³/mol. The molecule has 0 bridgehead atoms. The molecule has 5 rings (SSSR count). The molecule has 0 aliphatic carbocycles. The predicted octanol–water partition coefficient (Wildman–Crippen LogP) is 6.75. The molecule has 0 spiro atoms. The van der Waals surface area contributed by atoms with Gasteiger partial charge in [-0.25, -0.2) is 13.4 Å². The molecular formula is C33H35NO6S3. The third-order valence-corrected chi connectivity index (χ3v) is 10.2. The van der Waals surface area contributed by atoms with Crippen LogP contribution < -0.4 is 9.47 Å². The fourth-order valence-corrected chi connectivity index (χ4v) is 7.69. The van der Waals surface area contributed by atoms with Crippen LogP contribution in [0.25, 0.3) is 21.2 Å². The van der Waals surface area contributed by atoms with Gasteiger partial charge in [0.1, 0.15) is 22.2 Å². The van der Waals surface area contributed by atoms with E-state index < -0.39 is 21.7 Å². The molecule has 3 heterocycles. The summed E-state index contributed by atoms with van der Waals surface area (Å²) >= 11 is 1.70. The second-order valence-electron chi connectivity index (χ2n) is 10.6. The number of thiophene rings is 1. The quantitative estimate of drug-likeness (QED) is 0.192. The molecule has 10 heteroatoms. The number of aliphatic carboxylic acids is 1. The van der Waals surface area contributed by atoms with E-state index in [4.69, 9.17) is 14.6 Å². The molecule has 7 nitrogen and oxygen atoms in total.